The highest BCUT2D eigenvalue weighted by molar-refractivity contribution is 5.65. The number of nitrogens with zero attached hydrogens (tertiary/aromatic N) is 4. The third-order valence-electron chi connectivity index (χ3n) is 5.71. The van der Waals surface area contributed by atoms with E-state index in [0.717, 1.165) is 57.1 Å². The van der Waals surface area contributed by atoms with E-state index in [4.69, 9.17) is 14.6 Å². The summed E-state index contributed by atoms with van der Waals surface area (Å²) in [6.07, 6.45) is 2.02. The third-order valence-corrected chi connectivity index (χ3v) is 5.71. The second-order valence-electron chi connectivity index (χ2n) is 7.74. The van der Waals surface area contributed by atoms with Crippen LogP contribution in [-0.2, 0) is 11.3 Å². The highest BCUT2D eigenvalue weighted by Gasteiger charge is 2.21. The summed E-state index contributed by atoms with van der Waals surface area (Å²) in [4.78, 5) is 4.82. The maximum atomic E-state index is 14.9. The van der Waals surface area contributed by atoms with E-state index in [0.29, 0.717) is 17.0 Å². The number of halogens is 1. The van der Waals surface area contributed by atoms with E-state index in [1.165, 1.54) is 13.2 Å². The number of hydrogen-bond acceptors (Lipinski definition) is 5. The van der Waals surface area contributed by atoms with Gasteiger partial charge in [-0.05, 0) is 24.3 Å². The van der Waals surface area contributed by atoms with Crippen LogP contribution in [0.5, 0.6) is 5.75 Å². The highest BCUT2D eigenvalue weighted by atomic mass is 19.1. The van der Waals surface area contributed by atoms with Crippen molar-refractivity contribution in [1.82, 2.24) is 19.6 Å². The zero-order valence-corrected chi connectivity index (χ0v) is 18.1. The van der Waals surface area contributed by atoms with Crippen molar-refractivity contribution in [1.29, 1.82) is 0 Å². The molecule has 164 valence electrons. The summed E-state index contributed by atoms with van der Waals surface area (Å²) in [6, 6.07) is 14.9. The largest absolute Gasteiger partial charge is 0.497 e. The molecule has 0 aliphatic carbocycles. The molecular formula is C24H29FN4O2. The Morgan fingerprint density at radius 3 is 2.39 bits per heavy atom. The molecular weight excluding hydrogens is 395 g/mol. The van der Waals surface area contributed by atoms with Crippen LogP contribution in [0, 0.1) is 5.82 Å². The van der Waals surface area contributed by atoms with Gasteiger partial charge in [-0.2, -0.15) is 5.10 Å². The summed E-state index contributed by atoms with van der Waals surface area (Å²) in [5.41, 5.74) is 3.13. The first-order valence-corrected chi connectivity index (χ1v) is 10.6. The predicted molar refractivity (Wildman–Crippen MR) is 119 cm³/mol. The Kier molecular flexibility index (Phi) is 6.96. The van der Waals surface area contributed by atoms with E-state index in [-0.39, 0.29) is 5.82 Å². The lowest BCUT2D eigenvalue weighted by atomic mass is 10.1. The molecule has 3 aromatic rings. The molecule has 2 heterocycles. The van der Waals surface area contributed by atoms with Crippen LogP contribution in [0.4, 0.5) is 4.39 Å². The van der Waals surface area contributed by atoms with Crippen molar-refractivity contribution in [2.45, 2.75) is 6.54 Å². The van der Waals surface area contributed by atoms with Crippen molar-refractivity contribution in [3.8, 4) is 22.7 Å². The van der Waals surface area contributed by atoms with Gasteiger partial charge in [0.15, 0.2) is 0 Å². The molecule has 0 atom stereocenters. The van der Waals surface area contributed by atoms with Crippen molar-refractivity contribution < 1.29 is 13.9 Å². The van der Waals surface area contributed by atoms with Gasteiger partial charge in [0.05, 0.1) is 19.4 Å². The Bertz CT molecular complexity index is 984. The summed E-state index contributed by atoms with van der Waals surface area (Å²) in [5, 5.41) is 4.77. The van der Waals surface area contributed by atoms with Crippen LogP contribution >= 0.6 is 0 Å². The minimum Gasteiger partial charge on any atom is -0.497 e. The lowest BCUT2D eigenvalue weighted by Gasteiger charge is -2.34. The molecule has 1 aliphatic heterocycles. The van der Waals surface area contributed by atoms with E-state index >= 15 is 0 Å². The van der Waals surface area contributed by atoms with Crippen LogP contribution in [0.3, 0.4) is 0 Å². The number of benzene rings is 2. The average molecular weight is 425 g/mol. The second kappa shape index (κ2) is 10.0. The van der Waals surface area contributed by atoms with E-state index in [1.807, 2.05) is 41.2 Å². The van der Waals surface area contributed by atoms with Crippen molar-refractivity contribution >= 4 is 0 Å². The fraction of sp³-hybridized carbons (Fsp3) is 0.375. The number of piperazine rings is 1. The molecule has 1 aromatic heterocycles. The molecule has 0 bridgehead atoms. The van der Waals surface area contributed by atoms with E-state index in [1.54, 1.807) is 19.2 Å². The maximum absolute atomic E-state index is 14.9. The van der Waals surface area contributed by atoms with Crippen LogP contribution in [-0.4, -0.2) is 73.1 Å². The Labute approximate surface area is 182 Å². The molecule has 7 heteroatoms. The summed E-state index contributed by atoms with van der Waals surface area (Å²) in [6.45, 7) is 6.37. The summed E-state index contributed by atoms with van der Waals surface area (Å²) in [5.74, 6) is 0.167. The minimum atomic E-state index is -0.330. The van der Waals surface area contributed by atoms with Crippen LogP contribution in [0.15, 0.2) is 54.7 Å². The fourth-order valence-electron chi connectivity index (χ4n) is 3.91. The number of hydrogen-bond donors (Lipinski definition) is 0. The minimum absolute atomic E-state index is 0.330. The van der Waals surface area contributed by atoms with Gasteiger partial charge in [0.25, 0.3) is 0 Å². The topological polar surface area (TPSA) is 42.8 Å². The van der Waals surface area contributed by atoms with Crippen LogP contribution in [0.1, 0.15) is 5.56 Å². The van der Waals surface area contributed by atoms with Crippen molar-refractivity contribution in [3.63, 3.8) is 0 Å². The zero-order chi connectivity index (χ0) is 21.6. The third kappa shape index (κ3) is 5.12. The Morgan fingerprint density at radius 2 is 1.71 bits per heavy atom. The summed E-state index contributed by atoms with van der Waals surface area (Å²) in [7, 11) is 3.27. The van der Waals surface area contributed by atoms with Gasteiger partial charge in [0.2, 0.25) is 0 Å². The normalized spacial score (nSPS) is 15.3. The SMILES string of the molecule is COCCN1CCN(Cc2cn(-c3ccccc3)nc2-c2ccc(OC)cc2F)CC1. The van der Waals surface area contributed by atoms with Crippen LogP contribution < -0.4 is 4.74 Å². The molecule has 1 aliphatic rings. The highest BCUT2D eigenvalue weighted by Crippen LogP contribution is 2.29. The average Bonchev–Trinajstić information content (AvgIpc) is 3.22. The maximum Gasteiger partial charge on any atom is 0.136 e. The first kappa shape index (κ1) is 21.5. The van der Waals surface area contributed by atoms with Gasteiger partial charge < -0.3 is 9.47 Å². The molecule has 6 nitrogen and oxygen atoms in total. The van der Waals surface area contributed by atoms with Crippen molar-refractivity contribution in [2.24, 2.45) is 0 Å². The lowest BCUT2D eigenvalue weighted by molar-refractivity contribution is 0.0939. The number of ether oxygens (including phenoxy) is 2. The summed E-state index contributed by atoms with van der Waals surface area (Å²) < 4.78 is 27.1. The van der Waals surface area contributed by atoms with E-state index < -0.39 is 0 Å². The number of aromatic nitrogens is 2. The standard InChI is InChI=1S/C24H29FN4O2/c1-30-15-14-27-10-12-28(13-11-27)17-19-18-29(20-6-4-3-5-7-20)26-24(19)22-9-8-21(31-2)16-23(22)25/h3-9,16,18H,10-15,17H2,1-2H3. The van der Waals surface area contributed by atoms with Gasteiger partial charge in [0.1, 0.15) is 17.3 Å². The molecule has 0 saturated carbocycles. The van der Waals surface area contributed by atoms with Gasteiger partial charge in [-0.25, -0.2) is 9.07 Å². The molecule has 31 heavy (non-hydrogen) atoms. The second-order valence-corrected chi connectivity index (χ2v) is 7.74. The molecule has 0 amide bonds. The van der Waals surface area contributed by atoms with Crippen molar-refractivity contribution in [3.05, 3.63) is 66.1 Å². The van der Waals surface area contributed by atoms with Gasteiger partial charge in [0, 0.05) is 69.8 Å². The van der Waals surface area contributed by atoms with Gasteiger partial charge >= 0.3 is 0 Å². The summed E-state index contributed by atoms with van der Waals surface area (Å²) >= 11 is 0. The van der Waals surface area contributed by atoms with Gasteiger partial charge in [-0.3, -0.25) is 9.80 Å². The molecule has 4 rings (SSSR count). The van der Waals surface area contributed by atoms with Crippen molar-refractivity contribution in [2.75, 3.05) is 53.6 Å². The van der Waals surface area contributed by atoms with Gasteiger partial charge in [-0.15, -0.1) is 0 Å². The zero-order valence-electron chi connectivity index (χ0n) is 18.1. The molecule has 0 spiro atoms. The monoisotopic (exact) mass is 424 g/mol. The fourth-order valence-corrected chi connectivity index (χ4v) is 3.91. The first-order chi connectivity index (χ1) is 15.2. The van der Waals surface area contributed by atoms with Crippen LogP contribution in [0.2, 0.25) is 0 Å². The van der Waals surface area contributed by atoms with Crippen LogP contribution in [0.25, 0.3) is 16.9 Å². The Morgan fingerprint density at radius 1 is 0.968 bits per heavy atom. The predicted octanol–water partition coefficient (Wildman–Crippen LogP) is 3.45. The first-order valence-electron chi connectivity index (χ1n) is 10.6. The quantitative estimate of drug-likeness (QED) is 0.554. The molecule has 0 radical (unpaired) electrons. The van der Waals surface area contributed by atoms with E-state index in [9.17, 15) is 4.39 Å². The Hall–Kier alpha value is -2.74. The number of rotatable bonds is 8. The number of para-hydroxylation sites is 1. The van der Waals surface area contributed by atoms with Gasteiger partial charge in [-0.1, -0.05) is 18.2 Å². The smallest absolute Gasteiger partial charge is 0.136 e. The van der Waals surface area contributed by atoms with E-state index in [2.05, 4.69) is 9.80 Å². The molecule has 0 N–H and O–H groups in total. The molecule has 1 saturated heterocycles. The molecule has 0 unspecified atom stereocenters. The molecule has 2 aromatic carbocycles. The molecule has 1 fully saturated rings. The Balaban J connectivity index is 1.60. The lowest BCUT2D eigenvalue weighted by Crippen LogP contribution is -2.46. The number of methoxy groups -OCH3 is 2.